The molecule has 0 bridgehead atoms. The Morgan fingerprint density at radius 2 is 1.87 bits per heavy atom. The zero-order valence-corrected chi connectivity index (χ0v) is 17.6. The highest BCUT2D eigenvalue weighted by Gasteiger charge is 2.21. The number of piperidine rings is 1. The molecule has 1 aliphatic rings. The van der Waals surface area contributed by atoms with Gasteiger partial charge in [-0.1, -0.05) is 0 Å². The lowest BCUT2D eigenvalue weighted by Gasteiger charge is -2.26. The number of primary amides is 1. The van der Waals surface area contributed by atoms with Gasteiger partial charge in [0.15, 0.2) is 5.82 Å². The van der Waals surface area contributed by atoms with E-state index < -0.39 is 15.9 Å². The molecule has 3 rings (SSSR count). The van der Waals surface area contributed by atoms with Gasteiger partial charge in [-0.3, -0.25) is 4.79 Å². The van der Waals surface area contributed by atoms with Crippen LogP contribution in [0.1, 0.15) is 35.4 Å². The molecule has 30 heavy (non-hydrogen) atoms. The number of carbonyl (C=O) groups is 1. The van der Waals surface area contributed by atoms with E-state index in [4.69, 9.17) is 15.2 Å². The van der Waals surface area contributed by atoms with Crippen molar-refractivity contribution in [2.45, 2.75) is 30.7 Å². The fourth-order valence-corrected chi connectivity index (χ4v) is 4.09. The Labute approximate surface area is 174 Å². The molecule has 0 aliphatic carbocycles. The van der Waals surface area contributed by atoms with E-state index in [1.54, 1.807) is 0 Å². The molecule has 2 aromatic rings. The summed E-state index contributed by atoms with van der Waals surface area (Å²) >= 11 is 0. The minimum atomic E-state index is -3.96. The third-order valence-electron chi connectivity index (χ3n) is 4.64. The number of sulfonamides is 1. The number of nitrogens with zero attached hydrogens (tertiary/aromatic N) is 4. The molecule has 1 amide bonds. The van der Waals surface area contributed by atoms with Crippen LogP contribution in [0.15, 0.2) is 23.1 Å². The number of methoxy groups -OCH3 is 2. The molecule has 0 unspecified atom stereocenters. The van der Waals surface area contributed by atoms with Crippen molar-refractivity contribution in [3.8, 4) is 11.8 Å². The number of aromatic nitrogens is 3. The van der Waals surface area contributed by atoms with Crippen LogP contribution in [0.4, 0.5) is 5.95 Å². The first kappa shape index (κ1) is 21.7. The maximum absolute atomic E-state index is 12.7. The van der Waals surface area contributed by atoms with E-state index in [-0.39, 0.29) is 34.6 Å². The summed E-state index contributed by atoms with van der Waals surface area (Å²) in [5.74, 6) is 0.0675. The number of hydrogen-bond donors (Lipinski definition) is 2. The molecule has 2 heterocycles. The molecule has 3 N–H and O–H groups in total. The summed E-state index contributed by atoms with van der Waals surface area (Å²) in [6, 6.07) is 3.96. The van der Waals surface area contributed by atoms with Crippen LogP contribution < -0.4 is 24.8 Å². The van der Waals surface area contributed by atoms with Gasteiger partial charge in [-0.2, -0.15) is 15.0 Å². The maximum atomic E-state index is 12.7. The number of nitrogens with two attached hydrogens (primary N) is 1. The first-order valence-corrected chi connectivity index (χ1v) is 10.8. The molecule has 1 aromatic carbocycles. The fourth-order valence-electron chi connectivity index (χ4n) is 3.08. The van der Waals surface area contributed by atoms with Crippen LogP contribution in [-0.2, 0) is 16.6 Å². The van der Waals surface area contributed by atoms with Crippen molar-refractivity contribution in [1.29, 1.82) is 0 Å². The molecule has 1 saturated heterocycles. The standard InChI is InChI=1S/C18H24N6O5S/c1-28-14-7-6-12(10-13(14)16(19)25)30(26,27)20-11-15-21-17(23-18(22-15)29-2)24-8-4-3-5-9-24/h6-7,10,20H,3-5,8-9,11H2,1-2H3,(H2,19,25). The topological polar surface area (TPSA) is 150 Å². The van der Waals surface area contributed by atoms with Gasteiger partial charge in [0.2, 0.25) is 16.0 Å². The number of anilines is 1. The largest absolute Gasteiger partial charge is 0.496 e. The van der Waals surface area contributed by atoms with Gasteiger partial charge in [0.05, 0.1) is 31.2 Å². The second-order valence-electron chi connectivity index (χ2n) is 6.64. The summed E-state index contributed by atoms with van der Waals surface area (Å²) < 4.78 is 38.0. The van der Waals surface area contributed by atoms with Gasteiger partial charge in [-0.25, -0.2) is 13.1 Å². The quantitative estimate of drug-likeness (QED) is 0.601. The van der Waals surface area contributed by atoms with Gasteiger partial charge < -0.3 is 20.1 Å². The van der Waals surface area contributed by atoms with E-state index in [1.807, 2.05) is 4.90 Å². The lowest BCUT2D eigenvalue weighted by molar-refractivity contribution is 0.0997. The van der Waals surface area contributed by atoms with Crippen LogP contribution in [0.2, 0.25) is 0 Å². The maximum Gasteiger partial charge on any atom is 0.321 e. The van der Waals surface area contributed by atoms with Crippen LogP contribution in [0, 0.1) is 0 Å². The SMILES string of the molecule is COc1nc(CNS(=O)(=O)c2ccc(OC)c(C(N)=O)c2)nc(N2CCCCC2)n1. The normalized spacial score (nSPS) is 14.4. The first-order valence-electron chi connectivity index (χ1n) is 9.35. The second-order valence-corrected chi connectivity index (χ2v) is 8.40. The summed E-state index contributed by atoms with van der Waals surface area (Å²) in [6.07, 6.45) is 3.23. The average molecular weight is 436 g/mol. The summed E-state index contributed by atoms with van der Waals surface area (Å²) in [7, 11) is -1.17. The molecule has 11 nitrogen and oxygen atoms in total. The number of benzene rings is 1. The monoisotopic (exact) mass is 436 g/mol. The molecule has 162 valence electrons. The highest BCUT2D eigenvalue weighted by Crippen LogP contribution is 2.22. The number of amides is 1. The highest BCUT2D eigenvalue weighted by atomic mass is 32.2. The summed E-state index contributed by atoms with van der Waals surface area (Å²) in [4.78, 5) is 26.2. The van der Waals surface area contributed by atoms with Gasteiger partial charge in [-0.15, -0.1) is 0 Å². The Bertz CT molecular complexity index is 1020. The second kappa shape index (κ2) is 9.22. The van der Waals surface area contributed by atoms with Gasteiger partial charge in [0.25, 0.3) is 5.91 Å². The molecule has 12 heteroatoms. The lowest BCUT2D eigenvalue weighted by Crippen LogP contribution is -2.32. The molecular weight excluding hydrogens is 412 g/mol. The van der Waals surface area contributed by atoms with Crippen molar-refractivity contribution in [3.05, 3.63) is 29.6 Å². The number of carbonyl (C=O) groups excluding carboxylic acids is 1. The Hall–Kier alpha value is -2.99. The van der Waals surface area contributed by atoms with E-state index in [2.05, 4.69) is 19.7 Å². The predicted octanol–water partition coefficient (Wildman–Crippen LogP) is 0.457. The summed E-state index contributed by atoms with van der Waals surface area (Å²) in [5, 5.41) is 0. The summed E-state index contributed by atoms with van der Waals surface area (Å²) in [5.41, 5.74) is 5.27. The Kier molecular flexibility index (Phi) is 6.67. The smallest absolute Gasteiger partial charge is 0.321 e. The minimum Gasteiger partial charge on any atom is -0.496 e. The Morgan fingerprint density at radius 1 is 1.13 bits per heavy atom. The molecule has 0 spiro atoms. The molecule has 0 saturated carbocycles. The van der Waals surface area contributed by atoms with Crippen molar-refractivity contribution >= 4 is 21.9 Å². The predicted molar refractivity (Wildman–Crippen MR) is 108 cm³/mol. The van der Waals surface area contributed by atoms with Crippen LogP contribution in [-0.4, -0.2) is 56.6 Å². The van der Waals surface area contributed by atoms with E-state index in [9.17, 15) is 13.2 Å². The van der Waals surface area contributed by atoms with E-state index in [1.165, 1.54) is 26.4 Å². The zero-order valence-electron chi connectivity index (χ0n) is 16.8. The zero-order chi connectivity index (χ0) is 21.7. The van der Waals surface area contributed by atoms with Crippen LogP contribution >= 0.6 is 0 Å². The van der Waals surface area contributed by atoms with E-state index in [0.717, 1.165) is 38.4 Å². The van der Waals surface area contributed by atoms with Crippen LogP contribution in [0.5, 0.6) is 11.8 Å². The van der Waals surface area contributed by atoms with Crippen molar-refractivity contribution < 1.29 is 22.7 Å². The first-order chi connectivity index (χ1) is 14.3. The van der Waals surface area contributed by atoms with Crippen LogP contribution in [0.25, 0.3) is 0 Å². The van der Waals surface area contributed by atoms with Gasteiger partial charge in [-0.05, 0) is 37.5 Å². The Morgan fingerprint density at radius 3 is 2.50 bits per heavy atom. The van der Waals surface area contributed by atoms with Crippen molar-refractivity contribution in [2.75, 3.05) is 32.2 Å². The molecule has 1 aliphatic heterocycles. The lowest BCUT2D eigenvalue weighted by atomic mass is 10.1. The van der Waals surface area contributed by atoms with Gasteiger partial charge in [0.1, 0.15) is 5.75 Å². The summed E-state index contributed by atoms with van der Waals surface area (Å²) in [6.45, 7) is 1.46. The van der Waals surface area contributed by atoms with Crippen molar-refractivity contribution in [1.82, 2.24) is 19.7 Å². The van der Waals surface area contributed by atoms with E-state index in [0.29, 0.717) is 5.95 Å². The molecule has 0 atom stereocenters. The Balaban J connectivity index is 1.81. The molecule has 1 aromatic heterocycles. The van der Waals surface area contributed by atoms with Crippen molar-refractivity contribution in [3.63, 3.8) is 0 Å². The highest BCUT2D eigenvalue weighted by molar-refractivity contribution is 7.89. The number of rotatable bonds is 8. The van der Waals surface area contributed by atoms with Gasteiger partial charge in [0, 0.05) is 13.1 Å². The minimum absolute atomic E-state index is 0.0328. The molecule has 0 radical (unpaired) electrons. The van der Waals surface area contributed by atoms with E-state index >= 15 is 0 Å². The number of nitrogens with one attached hydrogen (secondary N) is 1. The third-order valence-corrected chi connectivity index (χ3v) is 6.04. The van der Waals surface area contributed by atoms with Crippen LogP contribution in [0.3, 0.4) is 0 Å². The number of hydrogen-bond acceptors (Lipinski definition) is 9. The molecule has 1 fully saturated rings. The molecular formula is C18H24N6O5S. The van der Waals surface area contributed by atoms with Crippen molar-refractivity contribution in [2.24, 2.45) is 5.73 Å². The average Bonchev–Trinajstić information content (AvgIpc) is 2.77. The van der Waals surface area contributed by atoms with Gasteiger partial charge >= 0.3 is 6.01 Å². The number of ether oxygens (including phenoxy) is 2. The fraction of sp³-hybridized carbons (Fsp3) is 0.444. The third kappa shape index (κ3) is 4.94.